The van der Waals surface area contributed by atoms with E-state index < -0.39 is 11.2 Å². The number of amides is 1. The molecule has 1 aliphatic rings. The third kappa shape index (κ3) is 3.98. The molecule has 1 aromatic carbocycles. The monoisotopic (exact) mass is 332 g/mol. The zero-order valence-electron chi connectivity index (χ0n) is 14.6. The molecule has 6 nitrogen and oxygen atoms in total. The van der Waals surface area contributed by atoms with Gasteiger partial charge < -0.3 is 19.5 Å². The molecule has 1 aromatic rings. The maximum atomic E-state index is 12.1. The maximum absolute atomic E-state index is 12.1. The Morgan fingerprint density at radius 1 is 1.33 bits per heavy atom. The lowest BCUT2D eigenvalue weighted by Crippen LogP contribution is -2.46. The highest BCUT2D eigenvalue weighted by atomic mass is 16.6. The minimum absolute atomic E-state index is 0.359. The summed E-state index contributed by atoms with van der Waals surface area (Å²) in [6.07, 6.45) is 0.449. The first kappa shape index (κ1) is 18.1. The summed E-state index contributed by atoms with van der Waals surface area (Å²) in [6, 6.07) is 7.14. The number of likely N-dealkylation sites (tertiary alicyclic amines) is 1. The quantitative estimate of drug-likeness (QED) is 0.900. The topological polar surface area (TPSA) is 82.8 Å². The van der Waals surface area contributed by atoms with Crippen molar-refractivity contribution in [3.63, 3.8) is 0 Å². The summed E-state index contributed by atoms with van der Waals surface area (Å²) in [5.41, 5.74) is -0.455. The van der Waals surface area contributed by atoms with Gasteiger partial charge in [-0.2, -0.15) is 5.26 Å². The first-order valence-corrected chi connectivity index (χ1v) is 7.97. The third-order valence-electron chi connectivity index (χ3n) is 4.10. The summed E-state index contributed by atoms with van der Waals surface area (Å²) in [5.74, 6) is 0.443. The molecule has 0 spiro atoms. The highest BCUT2D eigenvalue weighted by Crippen LogP contribution is 2.35. The smallest absolute Gasteiger partial charge is 0.410 e. The van der Waals surface area contributed by atoms with Gasteiger partial charge in [0.25, 0.3) is 0 Å². The minimum atomic E-state index is -1.04. The molecule has 0 atom stereocenters. The predicted molar refractivity (Wildman–Crippen MR) is 88.6 cm³/mol. The molecule has 6 heteroatoms. The van der Waals surface area contributed by atoms with Crippen molar-refractivity contribution in [2.24, 2.45) is 0 Å². The summed E-state index contributed by atoms with van der Waals surface area (Å²) in [6.45, 7) is 6.30. The van der Waals surface area contributed by atoms with Crippen molar-refractivity contribution in [1.29, 1.82) is 5.26 Å². The van der Waals surface area contributed by atoms with E-state index in [1.54, 1.807) is 23.1 Å². The fourth-order valence-electron chi connectivity index (χ4n) is 2.75. The van der Waals surface area contributed by atoms with Crippen LogP contribution in [0.5, 0.6) is 5.75 Å². The Morgan fingerprint density at radius 3 is 2.46 bits per heavy atom. The molecule has 2 rings (SSSR count). The number of nitriles is 1. The molecule has 1 aliphatic heterocycles. The molecule has 0 saturated carbocycles. The van der Waals surface area contributed by atoms with E-state index in [2.05, 4.69) is 6.07 Å². The molecule has 24 heavy (non-hydrogen) atoms. The molecule has 1 amide bonds. The van der Waals surface area contributed by atoms with Crippen LogP contribution in [-0.4, -0.2) is 41.9 Å². The van der Waals surface area contributed by atoms with Gasteiger partial charge in [-0.05, 0) is 51.3 Å². The second-order valence-electron chi connectivity index (χ2n) is 7.03. The lowest BCUT2D eigenvalue weighted by atomic mass is 9.84. The van der Waals surface area contributed by atoms with Gasteiger partial charge >= 0.3 is 6.09 Å². The number of aliphatic hydroxyl groups is 1. The number of nitrogens with zero attached hydrogens (tertiary/aromatic N) is 2. The van der Waals surface area contributed by atoms with Crippen LogP contribution in [0, 0.1) is 11.3 Å². The Balaban J connectivity index is 2.10. The molecule has 0 bridgehead atoms. The maximum Gasteiger partial charge on any atom is 0.410 e. The van der Waals surface area contributed by atoms with Crippen LogP contribution in [0.15, 0.2) is 18.2 Å². The highest BCUT2D eigenvalue weighted by Gasteiger charge is 2.37. The van der Waals surface area contributed by atoms with Crippen LogP contribution in [0.25, 0.3) is 0 Å². The van der Waals surface area contributed by atoms with Gasteiger partial charge in [0.05, 0.1) is 18.3 Å². The SMILES string of the molecule is COc1cc(C2(O)CCN(C(=O)OC(C)(C)C)CC2)ccc1C#N. The third-order valence-corrected chi connectivity index (χ3v) is 4.10. The molecule has 0 unspecified atom stereocenters. The van der Waals surface area contributed by atoms with Gasteiger partial charge in [-0.1, -0.05) is 6.07 Å². The van der Waals surface area contributed by atoms with E-state index >= 15 is 0 Å². The standard InChI is InChI=1S/C18H24N2O4/c1-17(2,3)24-16(21)20-9-7-18(22,8-10-20)14-6-5-13(12-19)15(11-14)23-4/h5-6,11,22H,7-10H2,1-4H3. The van der Waals surface area contributed by atoms with Gasteiger partial charge in [0, 0.05) is 13.1 Å². The van der Waals surface area contributed by atoms with Gasteiger partial charge in [0.2, 0.25) is 0 Å². The molecule has 1 saturated heterocycles. The molecule has 0 radical (unpaired) electrons. The molecular weight excluding hydrogens is 308 g/mol. The van der Waals surface area contributed by atoms with E-state index in [0.717, 1.165) is 0 Å². The van der Waals surface area contributed by atoms with Gasteiger partial charge in [0.15, 0.2) is 0 Å². The van der Waals surface area contributed by atoms with Crippen LogP contribution in [0.1, 0.15) is 44.7 Å². The fourth-order valence-corrected chi connectivity index (χ4v) is 2.75. The van der Waals surface area contributed by atoms with Crippen molar-refractivity contribution < 1.29 is 19.4 Å². The van der Waals surface area contributed by atoms with E-state index in [9.17, 15) is 9.90 Å². The van der Waals surface area contributed by atoms with Crippen LogP contribution in [0.3, 0.4) is 0 Å². The van der Waals surface area contributed by atoms with Crippen LogP contribution in [0.2, 0.25) is 0 Å². The van der Waals surface area contributed by atoms with Crippen molar-refractivity contribution in [3.05, 3.63) is 29.3 Å². The van der Waals surface area contributed by atoms with Crippen molar-refractivity contribution in [3.8, 4) is 11.8 Å². The molecular formula is C18H24N2O4. The molecule has 130 valence electrons. The Hall–Kier alpha value is -2.26. The predicted octanol–water partition coefficient (Wildman–Crippen LogP) is 2.79. The minimum Gasteiger partial charge on any atom is -0.495 e. The Kier molecular flexibility index (Phi) is 5.05. The number of ether oxygens (including phenoxy) is 2. The lowest BCUT2D eigenvalue weighted by Gasteiger charge is -2.39. The number of rotatable bonds is 2. The summed E-state index contributed by atoms with van der Waals surface area (Å²) < 4.78 is 10.6. The molecule has 0 aromatic heterocycles. The van der Waals surface area contributed by atoms with Crippen LogP contribution >= 0.6 is 0 Å². The van der Waals surface area contributed by atoms with Gasteiger partial charge in [-0.15, -0.1) is 0 Å². The Morgan fingerprint density at radius 2 is 1.96 bits per heavy atom. The van der Waals surface area contributed by atoms with E-state index in [1.165, 1.54) is 7.11 Å². The summed E-state index contributed by atoms with van der Waals surface area (Å²) >= 11 is 0. The normalized spacial score (nSPS) is 17.1. The number of benzene rings is 1. The molecule has 1 N–H and O–H groups in total. The average Bonchev–Trinajstić information content (AvgIpc) is 2.53. The lowest BCUT2D eigenvalue weighted by molar-refractivity contribution is -0.0357. The van der Waals surface area contributed by atoms with Gasteiger partial charge in [-0.25, -0.2) is 4.79 Å². The summed E-state index contributed by atoms with van der Waals surface area (Å²) in [7, 11) is 1.50. The first-order chi connectivity index (χ1) is 11.2. The van der Waals surface area contributed by atoms with E-state index in [4.69, 9.17) is 14.7 Å². The molecule has 1 fully saturated rings. The van der Waals surface area contributed by atoms with Crippen LogP contribution < -0.4 is 4.74 Å². The van der Waals surface area contributed by atoms with E-state index in [1.807, 2.05) is 20.8 Å². The van der Waals surface area contributed by atoms with Crippen LogP contribution in [-0.2, 0) is 10.3 Å². The van der Waals surface area contributed by atoms with Gasteiger partial charge in [-0.3, -0.25) is 0 Å². The Bertz CT molecular complexity index is 650. The van der Waals surface area contributed by atoms with Crippen molar-refractivity contribution in [2.45, 2.75) is 44.8 Å². The second-order valence-corrected chi connectivity index (χ2v) is 7.03. The number of methoxy groups -OCH3 is 1. The summed E-state index contributed by atoms with van der Waals surface area (Å²) in [5, 5.41) is 20.0. The molecule has 0 aliphatic carbocycles. The first-order valence-electron chi connectivity index (χ1n) is 7.97. The van der Waals surface area contributed by atoms with Crippen molar-refractivity contribution in [1.82, 2.24) is 4.90 Å². The van der Waals surface area contributed by atoms with Crippen molar-refractivity contribution >= 4 is 6.09 Å². The number of carbonyl (C=O) groups is 1. The highest BCUT2D eigenvalue weighted by molar-refractivity contribution is 5.68. The van der Waals surface area contributed by atoms with Crippen molar-refractivity contribution in [2.75, 3.05) is 20.2 Å². The zero-order chi connectivity index (χ0) is 18.0. The number of carbonyl (C=O) groups excluding carboxylic acids is 1. The van der Waals surface area contributed by atoms with Crippen LogP contribution in [0.4, 0.5) is 4.79 Å². The van der Waals surface area contributed by atoms with Gasteiger partial charge in [0.1, 0.15) is 17.4 Å². The largest absolute Gasteiger partial charge is 0.495 e. The average molecular weight is 332 g/mol. The number of hydrogen-bond acceptors (Lipinski definition) is 5. The van der Waals surface area contributed by atoms with E-state index in [0.29, 0.717) is 42.8 Å². The number of piperidine rings is 1. The number of hydrogen-bond donors (Lipinski definition) is 1. The van der Waals surface area contributed by atoms with E-state index in [-0.39, 0.29) is 6.09 Å². The zero-order valence-corrected chi connectivity index (χ0v) is 14.6. The fraction of sp³-hybridized carbons (Fsp3) is 0.556. The molecule has 1 heterocycles. The Labute approximate surface area is 142 Å². The second kappa shape index (κ2) is 6.70. The summed E-state index contributed by atoms with van der Waals surface area (Å²) in [4.78, 5) is 13.7.